The summed E-state index contributed by atoms with van der Waals surface area (Å²) in [5, 5.41) is 2.96. The Morgan fingerprint density at radius 2 is 2.20 bits per heavy atom. The fraction of sp³-hybridized carbons (Fsp3) is 0.375. The number of hydrogen-bond donors (Lipinski definition) is 0. The van der Waals surface area contributed by atoms with Crippen molar-refractivity contribution in [3.05, 3.63) is 40.9 Å². The molecule has 4 heteroatoms. The van der Waals surface area contributed by atoms with Crippen LogP contribution >= 0.6 is 11.3 Å². The van der Waals surface area contributed by atoms with Gasteiger partial charge in [0.05, 0.1) is 18.7 Å². The van der Waals surface area contributed by atoms with Gasteiger partial charge in [0.15, 0.2) is 0 Å². The summed E-state index contributed by atoms with van der Waals surface area (Å²) >= 11 is 1.60. The van der Waals surface area contributed by atoms with Crippen molar-refractivity contribution in [2.45, 2.75) is 32.1 Å². The van der Waals surface area contributed by atoms with E-state index in [2.05, 4.69) is 23.2 Å². The van der Waals surface area contributed by atoms with Crippen molar-refractivity contribution in [2.24, 2.45) is 0 Å². The van der Waals surface area contributed by atoms with Crippen molar-refractivity contribution in [3.63, 3.8) is 0 Å². The average Bonchev–Trinajstić information content (AvgIpc) is 3.20. The molecule has 1 aromatic carbocycles. The number of hydrogen-bond acceptors (Lipinski definition) is 4. The predicted molar refractivity (Wildman–Crippen MR) is 79.9 cm³/mol. The summed E-state index contributed by atoms with van der Waals surface area (Å²) in [6.07, 6.45) is 2.81. The molecule has 1 aliphatic carbocycles. The molecule has 1 aromatic heterocycles. The normalized spacial score (nSPS) is 14.2. The largest absolute Gasteiger partial charge is 0.466 e. The van der Waals surface area contributed by atoms with E-state index < -0.39 is 0 Å². The maximum absolute atomic E-state index is 11.5. The van der Waals surface area contributed by atoms with E-state index in [-0.39, 0.29) is 12.4 Å². The Morgan fingerprint density at radius 3 is 2.95 bits per heavy atom. The lowest BCUT2D eigenvalue weighted by atomic mass is 10.0. The fourth-order valence-electron chi connectivity index (χ4n) is 2.31. The first kappa shape index (κ1) is 13.3. The van der Waals surface area contributed by atoms with E-state index >= 15 is 0 Å². The molecule has 1 heterocycles. The molecule has 104 valence electrons. The van der Waals surface area contributed by atoms with E-state index in [0.29, 0.717) is 12.5 Å². The highest BCUT2D eigenvalue weighted by Gasteiger charge is 2.26. The molecule has 0 aliphatic heterocycles. The Kier molecular flexibility index (Phi) is 3.83. The van der Waals surface area contributed by atoms with E-state index in [1.54, 1.807) is 11.3 Å². The number of thiazole rings is 1. The maximum Gasteiger partial charge on any atom is 0.311 e. The molecule has 3 nitrogen and oxygen atoms in total. The molecule has 3 rings (SSSR count). The molecular formula is C16H17NO2S. The minimum absolute atomic E-state index is 0.208. The predicted octanol–water partition coefficient (Wildman–Crippen LogP) is 3.79. The summed E-state index contributed by atoms with van der Waals surface area (Å²) in [6.45, 7) is 2.23. The van der Waals surface area contributed by atoms with Crippen LogP contribution in [0, 0.1) is 0 Å². The third kappa shape index (κ3) is 2.90. The van der Waals surface area contributed by atoms with Crippen LogP contribution in [0.3, 0.4) is 0 Å². The zero-order chi connectivity index (χ0) is 13.9. The van der Waals surface area contributed by atoms with Crippen LogP contribution in [0.5, 0.6) is 0 Å². The molecule has 1 aliphatic rings. The molecule has 0 N–H and O–H groups in total. The monoisotopic (exact) mass is 287 g/mol. The number of esters is 1. The first-order valence-corrected chi connectivity index (χ1v) is 7.85. The Hall–Kier alpha value is -1.68. The first-order chi connectivity index (χ1) is 9.78. The van der Waals surface area contributed by atoms with Gasteiger partial charge in [-0.1, -0.05) is 24.3 Å². The van der Waals surface area contributed by atoms with Gasteiger partial charge in [0.2, 0.25) is 0 Å². The summed E-state index contributed by atoms with van der Waals surface area (Å²) in [7, 11) is 0. The van der Waals surface area contributed by atoms with Crippen LogP contribution in [0.1, 0.15) is 36.9 Å². The van der Waals surface area contributed by atoms with Crippen molar-refractivity contribution in [1.82, 2.24) is 4.98 Å². The van der Waals surface area contributed by atoms with Crippen molar-refractivity contribution >= 4 is 17.3 Å². The number of aromatic nitrogens is 1. The minimum atomic E-state index is -0.208. The lowest BCUT2D eigenvalue weighted by molar-refractivity contribution is -0.142. The Balaban J connectivity index is 1.81. The SMILES string of the molecule is CCOC(=O)Cc1csc(-c2ccccc2C2CC2)n1. The highest BCUT2D eigenvalue weighted by Crippen LogP contribution is 2.44. The zero-order valence-corrected chi connectivity index (χ0v) is 12.3. The molecule has 0 unspecified atom stereocenters. The standard InChI is InChI=1S/C16H17NO2S/c1-2-19-15(18)9-12-10-20-16(17-12)14-6-4-3-5-13(14)11-7-8-11/h3-6,10-11H,2,7-9H2,1H3. The second kappa shape index (κ2) is 5.75. The third-order valence-electron chi connectivity index (χ3n) is 3.39. The topological polar surface area (TPSA) is 39.2 Å². The smallest absolute Gasteiger partial charge is 0.311 e. The number of carbonyl (C=O) groups is 1. The number of nitrogens with zero attached hydrogens (tertiary/aromatic N) is 1. The fourth-order valence-corrected chi connectivity index (χ4v) is 3.18. The second-order valence-electron chi connectivity index (χ2n) is 4.99. The molecule has 1 fully saturated rings. The van der Waals surface area contributed by atoms with Crippen LogP contribution in [0.25, 0.3) is 10.6 Å². The van der Waals surface area contributed by atoms with E-state index in [0.717, 1.165) is 10.7 Å². The van der Waals surface area contributed by atoms with Crippen LogP contribution in [0.15, 0.2) is 29.6 Å². The van der Waals surface area contributed by atoms with Gasteiger partial charge in [0.1, 0.15) is 5.01 Å². The van der Waals surface area contributed by atoms with Gasteiger partial charge in [-0.05, 0) is 31.2 Å². The Bertz CT molecular complexity index is 616. The Morgan fingerprint density at radius 1 is 1.40 bits per heavy atom. The zero-order valence-electron chi connectivity index (χ0n) is 11.5. The van der Waals surface area contributed by atoms with Gasteiger partial charge in [0, 0.05) is 10.9 Å². The van der Waals surface area contributed by atoms with Crippen molar-refractivity contribution in [1.29, 1.82) is 0 Å². The van der Waals surface area contributed by atoms with Gasteiger partial charge in [0.25, 0.3) is 0 Å². The third-order valence-corrected chi connectivity index (χ3v) is 4.32. The molecule has 0 atom stereocenters. The summed E-state index contributed by atoms with van der Waals surface area (Å²) in [4.78, 5) is 16.1. The number of carbonyl (C=O) groups excluding carboxylic acids is 1. The molecule has 2 aromatic rings. The number of benzene rings is 1. The number of rotatable bonds is 5. The van der Waals surface area contributed by atoms with Gasteiger partial charge in [-0.15, -0.1) is 11.3 Å². The maximum atomic E-state index is 11.5. The van der Waals surface area contributed by atoms with E-state index in [1.807, 2.05) is 18.4 Å². The minimum Gasteiger partial charge on any atom is -0.466 e. The van der Waals surface area contributed by atoms with E-state index in [1.165, 1.54) is 24.0 Å². The van der Waals surface area contributed by atoms with Gasteiger partial charge < -0.3 is 4.74 Å². The Labute approximate surface area is 122 Å². The van der Waals surface area contributed by atoms with Crippen LogP contribution in [0.4, 0.5) is 0 Å². The molecule has 0 saturated heterocycles. The lowest BCUT2D eigenvalue weighted by Gasteiger charge is -2.05. The highest BCUT2D eigenvalue weighted by atomic mass is 32.1. The van der Waals surface area contributed by atoms with E-state index in [4.69, 9.17) is 4.74 Å². The van der Waals surface area contributed by atoms with Crippen LogP contribution in [-0.4, -0.2) is 17.6 Å². The molecule has 0 bridgehead atoms. The van der Waals surface area contributed by atoms with E-state index in [9.17, 15) is 4.79 Å². The molecular weight excluding hydrogens is 270 g/mol. The average molecular weight is 287 g/mol. The van der Waals surface area contributed by atoms with Gasteiger partial charge in [-0.3, -0.25) is 4.79 Å². The van der Waals surface area contributed by atoms with Gasteiger partial charge in [-0.2, -0.15) is 0 Å². The quantitative estimate of drug-likeness (QED) is 0.785. The summed E-state index contributed by atoms with van der Waals surface area (Å²) in [6, 6.07) is 8.46. The van der Waals surface area contributed by atoms with Crippen molar-refractivity contribution in [3.8, 4) is 10.6 Å². The first-order valence-electron chi connectivity index (χ1n) is 6.97. The second-order valence-corrected chi connectivity index (χ2v) is 5.85. The molecule has 0 spiro atoms. The van der Waals surface area contributed by atoms with Gasteiger partial charge in [-0.25, -0.2) is 4.98 Å². The van der Waals surface area contributed by atoms with Crippen molar-refractivity contribution < 1.29 is 9.53 Å². The lowest BCUT2D eigenvalue weighted by Crippen LogP contribution is -2.07. The van der Waals surface area contributed by atoms with Crippen LogP contribution in [0.2, 0.25) is 0 Å². The summed E-state index contributed by atoms with van der Waals surface area (Å²) < 4.78 is 4.96. The molecule has 20 heavy (non-hydrogen) atoms. The molecule has 1 saturated carbocycles. The van der Waals surface area contributed by atoms with Crippen LogP contribution < -0.4 is 0 Å². The number of ether oxygens (including phenoxy) is 1. The summed E-state index contributed by atoms with van der Waals surface area (Å²) in [5.74, 6) is 0.489. The van der Waals surface area contributed by atoms with Crippen molar-refractivity contribution in [2.75, 3.05) is 6.61 Å². The molecule has 0 amide bonds. The highest BCUT2D eigenvalue weighted by molar-refractivity contribution is 7.13. The van der Waals surface area contributed by atoms with Gasteiger partial charge >= 0.3 is 5.97 Å². The van der Waals surface area contributed by atoms with Crippen LogP contribution in [-0.2, 0) is 16.0 Å². The molecule has 0 radical (unpaired) electrons. The summed E-state index contributed by atoms with van der Waals surface area (Å²) in [5.41, 5.74) is 3.41.